The number of halogens is 1. The van der Waals surface area contributed by atoms with Crippen molar-refractivity contribution in [2.75, 3.05) is 11.4 Å². The molecule has 5 rings (SSSR count). The lowest BCUT2D eigenvalue weighted by atomic mass is 10.00. The van der Waals surface area contributed by atoms with Crippen LogP contribution in [-0.4, -0.2) is 31.6 Å². The molecule has 7 heteroatoms. The van der Waals surface area contributed by atoms with Crippen molar-refractivity contribution in [3.8, 4) is 0 Å². The van der Waals surface area contributed by atoms with Gasteiger partial charge in [0.05, 0.1) is 5.52 Å². The molecule has 0 aliphatic carbocycles. The number of rotatable bonds is 4. The standard InChI is InChI=1S/C25H27N5O.ClH/c1-4-11-30-18(3)17(2)21-14-22(25(31)29-13-10-26-16-29)27-24(23(21)30)28-12-9-19-7-5-6-8-20(19)15-28;/h5-8,10,13-14,16H,4,9,11-12,15H2,1-3H3;1H. The first-order valence-corrected chi connectivity index (χ1v) is 10.9. The summed E-state index contributed by atoms with van der Waals surface area (Å²) in [6.45, 7) is 9.13. The Labute approximate surface area is 194 Å². The van der Waals surface area contributed by atoms with Crippen molar-refractivity contribution in [3.63, 3.8) is 0 Å². The van der Waals surface area contributed by atoms with Gasteiger partial charge in [0.2, 0.25) is 0 Å². The highest BCUT2D eigenvalue weighted by atomic mass is 35.5. The summed E-state index contributed by atoms with van der Waals surface area (Å²) in [4.78, 5) is 24.5. The van der Waals surface area contributed by atoms with Gasteiger partial charge in [0.15, 0.2) is 5.82 Å². The molecule has 0 fully saturated rings. The highest BCUT2D eigenvalue weighted by Gasteiger charge is 2.25. The minimum Gasteiger partial charge on any atom is -0.350 e. The second-order valence-corrected chi connectivity index (χ2v) is 8.30. The number of carbonyl (C=O) groups excluding carboxylic acids is 1. The normalized spacial score (nSPS) is 13.2. The maximum atomic E-state index is 13.1. The fourth-order valence-corrected chi connectivity index (χ4v) is 4.66. The smallest absolute Gasteiger partial charge is 0.281 e. The number of hydrogen-bond acceptors (Lipinski definition) is 4. The van der Waals surface area contributed by atoms with Crippen LogP contribution in [0.3, 0.4) is 0 Å². The lowest BCUT2D eigenvalue weighted by Crippen LogP contribution is -2.32. The first kappa shape index (κ1) is 22.1. The molecule has 0 bridgehead atoms. The second-order valence-electron chi connectivity index (χ2n) is 8.30. The molecule has 1 aromatic carbocycles. The number of anilines is 1. The average Bonchev–Trinajstić information content (AvgIpc) is 3.42. The molecule has 0 saturated heterocycles. The number of hydrogen-bond donors (Lipinski definition) is 0. The average molecular weight is 450 g/mol. The Balaban J connectivity index is 0.00000245. The number of imidazole rings is 1. The Morgan fingerprint density at radius 3 is 2.66 bits per heavy atom. The number of carbonyl (C=O) groups is 1. The van der Waals surface area contributed by atoms with Crippen LogP contribution in [0.5, 0.6) is 0 Å². The van der Waals surface area contributed by atoms with Gasteiger partial charge >= 0.3 is 0 Å². The summed E-state index contributed by atoms with van der Waals surface area (Å²) in [5.74, 6) is 0.749. The van der Waals surface area contributed by atoms with Crippen LogP contribution in [0.2, 0.25) is 0 Å². The number of aryl methyl sites for hydroxylation is 2. The summed E-state index contributed by atoms with van der Waals surface area (Å²) < 4.78 is 3.87. The van der Waals surface area contributed by atoms with Crippen LogP contribution in [0, 0.1) is 13.8 Å². The van der Waals surface area contributed by atoms with E-state index in [4.69, 9.17) is 4.98 Å². The van der Waals surface area contributed by atoms with Crippen molar-refractivity contribution in [1.29, 1.82) is 0 Å². The molecule has 4 heterocycles. The Hall–Kier alpha value is -3.12. The largest absolute Gasteiger partial charge is 0.350 e. The number of fused-ring (bicyclic) bond motifs is 2. The van der Waals surface area contributed by atoms with Crippen LogP contribution in [0.15, 0.2) is 49.1 Å². The summed E-state index contributed by atoms with van der Waals surface area (Å²) in [5, 5.41) is 1.11. The van der Waals surface area contributed by atoms with E-state index in [9.17, 15) is 4.79 Å². The van der Waals surface area contributed by atoms with Gasteiger partial charge in [-0.1, -0.05) is 31.2 Å². The predicted octanol–water partition coefficient (Wildman–Crippen LogP) is 4.93. The summed E-state index contributed by atoms with van der Waals surface area (Å²) in [5.41, 5.74) is 6.78. The fourth-order valence-electron chi connectivity index (χ4n) is 4.66. The topological polar surface area (TPSA) is 56.0 Å². The zero-order chi connectivity index (χ0) is 21.5. The van der Waals surface area contributed by atoms with E-state index in [-0.39, 0.29) is 18.3 Å². The third kappa shape index (κ3) is 3.58. The first-order valence-electron chi connectivity index (χ1n) is 10.9. The number of pyridine rings is 1. The van der Waals surface area contributed by atoms with Crippen molar-refractivity contribution in [2.45, 2.75) is 46.7 Å². The summed E-state index contributed by atoms with van der Waals surface area (Å²) in [7, 11) is 0. The van der Waals surface area contributed by atoms with Gasteiger partial charge < -0.3 is 9.47 Å². The zero-order valence-electron chi connectivity index (χ0n) is 18.7. The molecule has 3 aromatic heterocycles. The Morgan fingerprint density at radius 1 is 1.16 bits per heavy atom. The van der Waals surface area contributed by atoms with Gasteiger partial charge in [0, 0.05) is 43.1 Å². The molecular formula is C25H28ClN5O. The van der Waals surface area contributed by atoms with Crippen molar-refractivity contribution in [2.24, 2.45) is 0 Å². The predicted molar refractivity (Wildman–Crippen MR) is 130 cm³/mol. The van der Waals surface area contributed by atoms with Gasteiger partial charge in [-0.25, -0.2) is 9.97 Å². The molecule has 0 amide bonds. The molecule has 0 radical (unpaired) electrons. The van der Waals surface area contributed by atoms with E-state index < -0.39 is 0 Å². The van der Waals surface area contributed by atoms with E-state index in [1.54, 1.807) is 12.4 Å². The van der Waals surface area contributed by atoms with Gasteiger partial charge in [0.25, 0.3) is 5.91 Å². The van der Waals surface area contributed by atoms with E-state index in [2.05, 4.69) is 59.5 Å². The van der Waals surface area contributed by atoms with Crippen LogP contribution >= 0.6 is 12.4 Å². The molecule has 0 atom stereocenters. The van der Waals surface area contributed by atoms with Crippen LogP contribution in [-0.2, 0) is 19.5 Å². The van der Waals surface area contributed by atoms with Crippen molar-refractivity contribution < 1.29 is 4.79 Å². The molecule has 0 unspecified atom stereocenters. The van der Waals surface area contributed by atoms with Gasteiger partial charge in [-0.2, -0.15) is 0 Å². The minimum absolute atomic E-state index is 0. The van der Waals surface area contributed by atoms with E-state index >= 15 is 0 Å². The molecule has 1 aliphatic heterocycles. The lowest BCUT2D eigenvalue weighted by molar-refractivity contribution is 0.0955. The summed E-state index contributed by atoms with van der Waals surface area (Å²) in [6.07, 6.45) is 6.84. The molecule has 0 N–H and O–H groups in total. The quantitative estimate of drug-likeness (QED) is 0.443. The summed E-state index contributed by atoms with van der Waals surface area (Å²) in [6, 6.07) is 10.6. The molecule has 32 heavy (non-hydrogen) atoms. The highest BCUT2D eigenvalue weighted by molar-refractivity contribution is 6.02. The molecule has 0 spiro atoms. The number of benzene rings is 1. The van der Waals surface area contributed by atoms with Crippen LogP contribution < -0.4 is 4.90 Å². The van der Waals surface area contributed by atoms with E-state index in [0.717, 1.165) is 49.2 Å². The van der Waals surface area contributed by atoms with Gasteiger partial charge in [-0.05, 0) is 49.4 Å². The van der Waals surface area contributed by atoms with E-state index in [1.807, 2.05) is 6.07 Å². The van der Waals surface area contributed by atoms with Crippen molar-refractivity contribution in [1.82, 2.24) is 19.1 Å². The number of aromatic nitrogens is 4. The Bertz CT molecular complexity index is 1280. The van der Waals surface area contributed by atoms with Crippen molar-refractivity contribution >= 4 is 35.0 Å². The lowest BCUT2D eigenvalue weighted by Gasteiger charge is -2.31. The maximum Gasteiger partial charge on any atom is 0.281 e. The molecule has 4 aromatic rings. The van der Waals surface area contributed by atoms with E-state index in [1.165, 1.54) is 33.3 Å². The zero-order valence-corrected chi connectivity index (χ0v) is 19.5. The van der Waals surface area contributed by atoms with Gasteiger partial charge in [0.1, 0.15) is 12.0 Å². The van der Waals surface area contributed by atoms with Crippen molar-refractivity contribution in [3.05, 3.63) is 77.1 Å². The molecule has 1 aliphatic rings. The molecule has 0 saturated carbocycles. The third-order valence-corrected chi connectivity index (χ3v) is 6.43. The van der Waals surface area contributed by atoms with Crippen LogP contribution in [0.4, 0.5) is 5.82 Å². The molecule has 166 valence electrons. The van der Waals surface area contributed by atoms with Gasteiger partial charge in [-0.15, -0.1) is 12.4 Å². The first-order chi connectivity index (χ1) is 15.1. The Morgan fingerprint density at radius 2 is 1.94 bits per heavy atom. The highest BCUT2D eigenvalue weighted by Crippen LogP contribution is 2.35. The SMILES string of the molecule is CCCn1c(C)c(C)c2cc(C(=O)n3ccnc3)nc(N3CCc4ccccc4C3)c21.Cl. The monoisotopic (exact) mass is 449 g/mol. The fraction of sp³-hybridized carbons (Fsp3) is 0.320. The minimum atomic E-state index is -0.154. The van der Waals surface area contributed by atoms with Crippen LogP contribution in [0.25, 0.3) is 10.9 Å². The second kappa shape index (κ2) is 8.79. The maximum absolute atomic E-state index is 13.1. The summed E-state index contributed by atoms with van der Waals surface area (Å²) >= 11 is 0. The number of nitrogens with zero attached hydrogens (tertiary/aromatic N) is 5. The van der Waals surface area contributed by atoms with Crippen LogP contribution in [0.1, 0.15) is 46.2 Å². The molecular weight excluding hydrogens is 422 g/mol. The van der Waals surface area contributed by atoms with Gasteiger partial charge in [-0.3, -0.25) is 9.36 Å². The Kier molecular flexibility index (Phi) is 6.07. The third-order valence-electron chi connectivity index (χ3n) is 6.43. The molecule has 6 nitrogen and oxygen atoms in total. The van der Waals surface area contributed by atoms with E-state index in [0.29, 0.717) is 5.69 Å².